The third-order valence-corrected chi connectivity index (χ3v) is 6.01. The van der Waals surface area contributed by atoms with Gasteiger partial charge >= 0.3 is 0 Å². The first-order chi connectivity index (χ1) is 10.8. The molecule has 0 aliphatic heterocycles. The van der Waals surface area contributed by atoms with Gasteiger partial charge in [-0.1, -0.05) is 37.1 Å². The van der Waals surface area contributed by atoms with Crippen LogP contribution in [0.25, 0.3) is 0 Å². The van der Waals surface area contributed by atoms with Crippen LogP contribution in [0.1, 0.15) is 69.8 Å². The van der Waals surface area contributed by atoms with Crippen molar-refractivity contribution in [3.05, 3.63) is 34.9 Å². The van der Waals surface area contributed by atoms with Gasteiger partial charge in [-0.3, -0.25) is 0 Å². The summed E-state index contributed by atoms with van der Waals surface area (Å²) in [6.45, 7) is 3.20. The zero-order chi connectivity index (χ0) is 15.4. The Morgan fingerprint density at radius 1 is 1.00 bits per heavy atom. The minimum Gasteiger partial charge on any atom is -0.378 e. The molecule has 0 heterocycles. The van der Waals surface area contributed by atoms with Crippen LogP contribution in [0.4, 0.5) is 0 Å². The van der Waals surface area contributed by atoms with E-state index < -0.39 is 0 Å². The Labute approximate surface area is 140 Å². The molecule has 2 saturated carbocycles. The summed E-state index contributed by atoms with van der Waals surface area (Å²) < 4.78 is 6.08. The van der Waals surface area contributed by atoms with Crippen molar-refractivity contribution < 1.29 is 4.74 Å². The van der Waals surface area contributed by atoms with Gasteiger partial charge in [-0.05, 0) is 80.4 Å². The van der Waals surface area contributed by atoms with E-state index in [1.54, 1.807) is 0 Å². The third kappa shape index (κ3) is 4.06. The summed E-state index contributed by atoms with van der Waals surface area (Å²) in [6.07, 6.45) is 11.0. The molecule has 2 fully saturated rings. The van der Waals surface area contributed by atoms with Crippen molar-refractivity contribution in [3.8, 4) is 0 Å². The van der Waals surface area contributed by atoms with Crippen molar-refractivity contribution in [2.24, 2.45) is 11.8 Å². The van der Waals surface area contributed by atoms with E-state index in [1.165, 1.54) is 56.9 Å². The van der Waals surface area contributed by atoms with Gasteiger partial charge in [0.05, 0.1) is 6.10 Å². The lowest BCUT2D eigenvalue weighted by Crippen LogP contribution is -2.33. The van der Waals surface area contributed by atoms with Crippen molar-refractivity contribution in [2.45, 2.75) is 70.3 Å². The van der Waals surface area contributed by atoms with Gasteiger partial charge in [0.15, 0.2) is 0 Å². The molecule has 0 saturated heterocycles. The fraction of sp³-hybridized carbons (Fsp3) is 0.700. The Morgan fingerprint density at radius 3 is 2.50 bits per heavy atom. The largest absolute Gasteiger partial charge is 0.378 e. The lowest BCUT2D eigenvalue weighted by atomic mass is 9.65. The smallest absolute Gasteiger partial charge is 0.0578 e. The van der Waals surface area contributed by atoms with E-state index in [0.29, 0.717) is 6.10 Å². The van der Waals surface area contributed by atoms with Gasteiger partial charge in [-0.25, -0.2) is 0 Å². The summed E-state index contributed by atoms with van der Waals surface area (Å²) in [7, 11) is 0. The second-order valence-corrected chi connectivity index (χ2v) is 7.68. The highest BCUT2D eigenvalue weighted by atomic mass is 35.5. The zero-order valence-electron chi connectivity index (χ0n) is 13.8. The van der Waals surface area contributed by atoms with Gasteiger partial charge in [0.2, 0.25) is 0 Å². The maximum absolute atomic E-state index is 6.08. The highest BCUT2D eigenvalue weighted by molar-refractivity contribution is 6.30. The molecule has 4 unspecified atom stereocenters. The molecule has 0 bridgehead atoms. The van der Waals surface area contributed by atoms with Crippen LogP contribution in [-0.2, 0) is 4.74 Å². The number of hydrogen-bond acceptors (Lipinski definition) is 1. The van der Waals surface area contributed by atoms with Crippen molar-refractivity contribution in [2.75, 3.05) is 6.61 Å². The van der Waals surface area contributed by atoms with Gasteiger partial charge in [0, 0.05) is 11.6 Å². The minimum absolute atomic E-state index is 0.542. The highest BCUT2D eigenvalue weighted by Crippen LogP contribution is 2.46. The molecule has 2 aliphatic carbocycles. The van der Waals surface area contributed by atoms with E-state index in [1.807, 2.05) is 12.1 Å². The molecule has 0 N–H and O–H groups in total. The normalized spacial score (nSPS) is 31.7. The molecule has 4 atom stereocenters. The molecule has 1 nitrogen and oxygen atoms in total. The molecule has 0 spiro atoms. The summed E-state index contributed by atoms with van der Waals surface area (Å²) in [6, 6.07) is 8.54. The van der Waals surface area contributed by atoms with Crippen LogP contribution < -0.4 is 0 Å². The number of fused-ring (bicyclic) bond motifs is 1. The van der Waals surface area contributed by atoms with Crippen LogP contribution in [0.2, 0.25) is 5.02 Å². The Kier molecular flexibility index (Phi) is 5.82. The van der Waals surface area contributed by atoms with Crippen molar-refractivity contribution in [3.63, 3.8) is 0 Å². The Balaban J connectivity index is 1.52. The van der Waals surface area contributed by atoms with Crippen molar-refractivity contribution >= 4 is 11.6 Å². The first-order valence-electron chi connectivity index (χ1n) is 9.13. The van der Waals surface area contributed by atoms with Gasteiger partial charge in [0.25, 0.3) is 0 Å². The van der Waals surface area contributed by atoms with E-state index in [0.717, 1.165) is 29.4 Å². The lowest BCUT2D eigenvalue weighted by molar-refractivity contribution is -0.0159. The minimum atomic E-state index is 0.542. The molecular weight excluding hydrogens is 292 g/mol. The lowest BCUT2D eigenvalue weighted by Gasteiger charge is -2.42. The Hall–Kier alpha value is -0.530. The second kappa shape index (κ2) is 7.84. The van der Waals surface area contributed by atoms with Gasteiger partial charge in [-0.2, -0.15) is 0 Å². The topological polar surface area (TPSA) is 9.23 Å². The molecule has 2 aliphatic rings. The summed E-state index contributed by atoms with van der Waals surface area (Å²) in [5.74, 6) is 2.57. The molecule has 1 aromatic rings. The van der Waals surface area contributed by atoms with Crippen LogP contribution in [0.15, 0.2) is 24.3 Å². The predicted octanol–water partition coefficient (Wildman–Crippen LogP) is 6.21. The maximum atomic E-state index is 6.08. The van der Waals surface area contributed by atoms with E-state index in [9.17, 15) is 0 Å². The van der Waals surface area contributed by atoms with E-state index in [-0.39, 0.29) is 0 Å². The molecule has 0 radical (unpaired) electrons. The first kappa shape index (κ1) is 16.3. The summed E-state index contributed by atoms with van der Waals surface area (Å²) in [5.41, 5.74) is 1.49. The van der Waals surface area contributed by atoms with Crippen LogP contribution in [0.5, 0.6) is 0 Å². The average Bonchev–Trinajstić information content (AvgIpc) is 2.55. The Morgan fingerprint density at radius 2 is 1.73 bits per heavy atom. The van der Waals surface area contributed by atoms with Crippen LogP contribution in [0, 0.1) is 11.8 Å². The fourth-order valence-corrected chi connectivity index (χ4v) is 4.56. The number of halogens is 1. The molecular formula is C20H29ClO. The molecule has 1 aromatic carbocycles. The number of hydrogen-bond donors (Lipinski definition) is 0. The average molecular weight is 321 g/mol. The van der Waals surface area contributed by atoms with Crippen molar-refractivity contribution in [1.82, 2.24) is 0 Å². The first-order valence-corrected chi connectivity index (χ1v) is 9.51. The molecule has 0 aromatic heterocycles. The molecule has 0 amide bonds. The van der Waals surface area contributed by atoms with Gasteiger partial charge < -0.3 is 4.74 Å². The van der Waals surface area contributed by atoms with E-state index in [2.05, 4.69) is 19.1 Å². The monoisotopic (exact) mass is 320 g/mol. The van der Waals surface area contributed by atoms with Gasteiger partial charge in [-0.15, -0.1) is 0 Å². The summed E-state index contributed by atoms with van der Waals surface area (Å²) in [5, 5.41) is 0.849. The second-order valence-electron chi connectivity index (χ2n) is 7.24. The number of unbranched alkanes of at least 4 members (excludes halogenated alkanes) is 1. The number of ether oxygens (including phenoxy) is 1. The molecule has 3 rings (SSSR count). The molecule has 22 heavy (non-hydrogen) atoms. The number of rotatable bonds is 5. The number of benzene rings is 1. The summed E-state index contributed by atoms with van der Waals surface area (Å²) in [4.78, 5) is 0. The SMILES string of the molecule is CCCCOC1CCC2CC(c3ccc(Cl)cc3)CCC2C1. The third-order valence-electron chi connectivity index (χ3n) is 5.76. The van der Waals surface area contributed by atoms with E-state index >= 15 is 0 Å². The molecule has 122 valence electrons. The zero-order valence-corrected chi connectivity index (χ0v) is 14.5. The predicted molar refractivity (Wildman–Crippen MR) is 93.5 cm³/mol. The fourth-order valence-electron chi connectivity index (χ4n) is 4.43. The Bertz CT molecular complexity index is 455. The van der Waals surface area contributed by atoms with Crippen LogP contribution in [-0.4, -0.2) is 12.7 Å². The van der Waals surface area contributed by atoms with E-state index in [4.69, 9.17) is 16.3 Å². The van der Waals surface area contributed by atoms with Gasteiger partial charge in [0.1, 0.15) is 0 Å². The molecule has 2 heteroatoms. The maximum Gasteiger partial charge on any atom is 0.0578 e. The van der Waals surface area contributed by atoms with Crippen molar-refractivity contribution in [1.29, 1.82) is 0 Å². The van der Waals surface area contributed by atoms with Crippen LogP contribution >= 0.6 is 11.6 Å². The standard InChI is InChI=1S/C20H29ClO/c1-2-3-12-22-20-11-8-17-13-16(4-5-18(17)14-20)15-6-9-19(21)10-7-15/h6-7,9-10,16-18,20H,2-5,8,11-14H2,1H3. The van der Waals surface area contributed by atoms with Crippen LogP contribution in [0.3, 0.4) is 0 Å². The highest BCUT2D eigenvalue weighted by Gasteiger charge is 2.36. The summed E-state index contributed by atoms with van der Waals surface area (Å²) >= 11 is 6.02. The quantitative estimate of drug-likeness (QED) is 0.586.